The predicted octanol–water partition coefficient (Wildman–Crippen LogP) is 4.76. The molecule has 0 saturated heterocycles. The molecule has 1 N–H and O–H groups in total. The van der Waals surface area contributed by atoms with E-state index in [1.807, 2.05) is 30.3 Å². The molecule has 158 valence electrons. The highest BCUT2D eigenvalue weighted by Gasteiger charge is 2.24. The summed E-state index contributed by atoms with van der Waals surface area (Å²) in [6.07, 6.45) is 0.216. The Balaban J connectivity index is 1.69. The molecule has 5 nitrogen and oxygen atoms in total. The SMILES string of the molecule is O=C(COC(=O)[C@H](Cc1ccccc1)NC(=O)c1ccc(Cl)cc1)c1ccc(Cl)cc1. The van der Waals surface area contributed by atoms with Gasteiger partial charge in [0.15, 0.2) is 12.4 Å². The summed E-state index contributed by atoms with van der Waals surface area (Å²) >= 11 is 11.7. The first-order chi connectivity index (χ1) is 14.9. The van der Waals surface area contributed by atoms with Crippen molar-refractivity contribution in [2.24, 2.45) is 0 Å². The number of esters is 1. The number of amides is 1. The molecule has 0 aliphatic carbocycles. The second kappa shape index (κ2) is 10.8. The van der Waals surface area contributed by atoms with Crippen molar-refractivity contribution in [3.8, 4) is 0 Å². The number of hydrogen-bond acceptors (Lipinski definition) is 4. The van der Waals surface area contributed by atoms with E-state index in [9.17, 15) is 14.4 Å². The molecular weight excluding hydrogens is 437 g/mol. The van der Waals surface area contributed by atoms with Crippen LogP contribution in [-0.4, -0.2) is 30.3 Å². The van der Waals surface area contributed by atoms with Gasteiger partial charge in [-0.2, -0.15) is 0 Å². The fourth-order valence-corrected chi connectivity index (χ4v) is 3.09. The first-order valence-corrected chi connectivity index (χ1v) is 10.2. The summed E-state index contributed by atoms with van der Waals surface area (Å²) in [5, 5.41) is 3.69. The van der Waals surface area contributed by atoms with Crippen molar-refractivity contribution in [3.05, 3.63) is 106 Å². The minimum absolute atomic E-state index is 0.216. The Bertz CT molecular complexity index is 1050. The van der Waals surface area contributed by atoms with Crippen LogP contribution in [-0.2, 0) is 16.0 Å². The van der Waals surface area contributed by atoms with Crippen LogP contribution in [0.25, 0.3) is 0 Å². The van der Waals surface area contributed by atoms with Gasteiger partial charge in [0.05, 0.1) is 0 Å². The lowest BCUT2D eigenvalue weighted by molar-refractivity contribution is -0.144. The highest BCUT2D eigenvalue weighted by molar-refractivity contribution is 6.31. The summed E-state index contributed by atoms with van der Waals surface area (Å²) in [7, 11) is 0. The monoisotopic (exact) mass is 455 g/mol. The summed E-state index contributed by atoms with van der Waals surface area (Å²) < 4.78 is 5.22. The Morgan fingerprint density at radius 3 is 1.90 bits per heavy atom. The summed E-state index contributed by atoms with van der Waals surface area (Å²) in [4.78, 5) is 37.6. The van der Waals surface area contributed by atoms with Crippen LogP contribution >= 0.6 is 23.2 Å². The van der Waals surface area contributed by atoms with Crippen molar-refractivity contribution in [2.45, 2.75) is 12.5 Å². The molecule has 0 aliphatic rings. The number of carbonyl (C=O) groups is 3. The Morgan fingerprint density at radius 2 is 1.32 bits per heavy atom. The third kappa shape index (κ3) is 6.67. The minimum Gasteiger partial charge on any atom is -0.456 e. The Labute approximate surface area is 189 Å². The summed E-state index contributed by atoms with van der Waals surface area (Å²) in [5.41, 5.74) is 1.57. The number of ketones is 1. The average Bonchev–Trinajstić information content (AvgIpc) is 2.78. The Hall–Kier alpha value is -3.15. The van der Waals surface area contributed by atoms with E-state index in [1.165, 1.54) is 0 Å². The molecule has 0 aromatic heterocycles. The zero-order chi connectivity index (χ0) is 22.2. The number of hydrogen-bond donors (Lipinski definition) is 1. The lowest BCUT2D eigenvalue weighted by Gasteiger charge is -2.18. The van der Waals surface area contributed by atoms with E-state index >= 15 is 0 Å². The van der Waals surface area contributed by atoms with Gasteiger partial charge in [0, 0.05) is 27.6 Å². The summed E-state index contributed by atoms with van der Waals surface area (Å²) in [6.45, 7) is -0.442. The van der Waals surface area contributed by atoms with Crippen molar-refractivity contribution < 1.29 is 19.1 Å². The molecule has 0 aliphatic heterocycles. The van der Waals surface area contributed by atoms with Gasteiger partial charge in [-0.3, -0.25) is 9.59 Å². The zero-order valence-electron chi connectivity index (χ0n) is 16.4. The number of halogens is 2. The van der Waals surface area contributed by atoms with E-state index in [1.54, 1.807) is 48.5 Å². The molecule has 7 heteroatoms. The predicted molar refractivity (Wildman–Crippen MR) is 120 cm³/mol. The second-order valence-corrected chi connectivity index (χ2v) is 7.63. The highest BCUT2D eigenvalue weighted by atomic mass is 35.5. The third-order valence-corrected chi connectivity index (χ3v) is 4.99. The Morgan fingerprint density at radius 1 is 0.774 bits per heavy atom. The largest absolute Gasteiger partial charge is 0.456 e. The van der Waals surface area contributed by atoms with E-state index in [2.05, 4.69) is 5.32 Å². The van der Waals surface area contributed by atoms with Crippen LogP contribution in [0.1, 0.15) is 26.3 Å². The maximum Gasteiger partial charge on any atom is 0.329 e. The molecular formula is C24H19Cl2NO4. The zero-order valence-corrected chi connectivity index (χ0v) is 17.9. The molecule has 1 atom stereocenters. The minimum atomic E-state index is -0.969. The van der Waals surface area contributed by atoms with E-state index in [0.717, 1.165) is 5.56 Å². The number of benzene rings is 3. The average molecular weight is 456 g/mol. The molecule has 0 radical (unpaired) electrons. The second-order valence-electron chi connectivity index (χ2n) is 6.76. The molecule has 0 bridgehead atoms. The molecule has 31 heavy (non-hydrogen) atoms. The van der Waals surface area contributed by atoms with Gasteiger partial charge in [-0.05, 0) is 54.1 Å². The van der Waals surface area contributed by atoms with Crippen molar-refractivity contribution in [1.29, 1.82) is 0 Å². The van der Waals surface area contributed by atoms with Crippen LogP contribution in [0.5, 0.6) is 0 Å². The van der Waals surface area contributed by atoms with Gasteiger partial charge in [-0.15, -0.1) is 0 Å². The molecule has 0 unspecified atom stereocenters. The molecule has 0 saturated carbocycles. The number of nitrogens with one attached hydrogen (secondary N) is 1. The molecule has 0 heterocycles. The molecule has 0 fully saturated rings. The topological polar surface area (TPSA) is 72.5 Å². The van der Waals surface area contributed by atoms with Crippen LogP contribution < -0.4 is 5.32 Å². The number of Topliss-reactive ketones (excluding diaryl/α,β-unsaturated/α-hetero) is 1. The fraction of sp³-hybridized carbons (Fsp3) is 0.125. The van der Waals surface area contributed by atoms with E-state index in [4.69, 9.17) is 27.9 Å². The Kier molecular flexibility index (Phi) is 7.82. The standard InChI is InChI=1S/C24H19Cl2NO4/c25-19-10-6-17(7-11-19)22(28)15-31-24(30)21(14-16-4-2-1-3-5-16)27-23(29)18-8-12-20(26)13-9-18/h1-13,21H,14-15H2,(H,27,29)/t21-/m0/s1. The van der Waals surface area contributed by atoms with Gasteiger partial charge >= 0.3 is 5.97 Å². The summed E-state index contributed by atoms with van der Waals surface area (Å²) in [5.74, 6) is -1.51. The van der Waals surface area contributed by atoms with E-state index in [-0.39, 0.29) is 12.2 Å². The van der Waals surface area contributed by atoms with Gasteiger partial charge < -0.3 is 10.1 Å². The van der Waals surface area contributed by atoms with Crippen molar-refractivity contribution in [2.75, 3.05) is 6.61 Å². The lowest BCUT2D eigenvalue weighted by atomic mass is 10.1. The van der Waals surface area contributed by atoms with E-state index in [0.29, 0.717) is 21.2 Å². The number of rotatable bonds is 8. The van der Waals surface area contributed by atoms with Gasteiger partial charge in [0.1, 0.15) is 6.04 Å². The summed E-state index contributed by atoms with van der Waals surface area (Å²) in [6, 6.07) is 20.8. The smallest absolute Gasteiger partial charge is 0.329 e. The van der Waals surface area contributed by atoms with Crippen LogP contribution in [0.15, 0.2) is 78.9 Å². The van der Waals surface area contributed by atoms with Crippen molar-refractivity contribution in [3.63, 3.8) is 0 Å². The van der Waals surface area contributed by atoms with Crippen molar-refractivity contribution >= 4 is 40.9 Å². The van der Waals surface area contributed by atoms with Gasteiger partial charge in [-0.1, -0.05) is 53.5 Å². The number of carbonyl (C=O) groups excluding carboxylic acids is 3. The first kappa shape index (κ1) is 22.5. The van der Waals surface area contributed by atoms with Crippen LogP contribution in [0.4, 0.5) is 0 Å². The fourth-order valence-electron chi connectivity index (χ4n) is 2.84. The van der Waals surface area contributed by atoms with Gasteiger partial charge in [-0.25, -0.2) is 4.79 Å². The number of ether oxygens (including phenoxy) is 1. The van der Waals surface area contributed by atoms with Crippen LogP contribution in [0.3, 0.4) is 0 Å². The maximum absolute atomic E-state index is 12.7. The quantitative estimate of drug-likeness (QED) is 0.392. The highest BCUT2D eigenvalue weighted by Crippen LogP contribution is 2.12. The lowest BCUT2D eigenvalue weighted by Crippen LogP contribution is -2.43. The maximum atomic E-state index is 12.7. The van der Waals surface area contributed by atoms with Crippen LogP contribution in [0, 0.1) is 0 Å². The van der Waals surface area contributed by atoms with E-state index < -0.39 is 24.5 Å². The first-order valence-electron chi connectivity index (χ1n) is 9.48. The van der Waals surface area contributed by atoms with Crippen molar-refractivity contribution in [1.82, 2.24) is 5.32 Å². The third-order valence-electron chi connectivity index (χ3n) is 4.49. The normalized spacial score (nSPS) is 11.4. The molecule has 3 rings (SSSR count). The molecule has 3 aromatic rings. The van der Waals surface area contributed by atoms with Crippen LogP contribution in [0.2, 0.25) is 10.0 Å². The molecule has 1 amide bonds. The molecule has 3 aromatic carbocycles. The van der Waals surface area contributed by atoms with Gasteiger partial charge in [0.2, 0.25) is 0 Å². The molecule has 0 spiro atoms. The van der Waals surface area contributed by atoms with Gasteiger partial charge in [0.25, 0.3) is 5.91 Å².